The van der Waals surface area contributed by atoms with E-state index in [1.54, 1.807) is 18.2 Å². The summed E-state index contributed by atoms with van der Waals surface area (Å²) < 4.78 is 61.8. The number of methoxy groups -OCH3 is 1. The average molecular weight is 565 g/mol. The molecule has 1 amide bonds. The molecule has 0 spiro atoms. The zero-order chi connectivity index (χ0) is 28.2. The molecule has 0 unspecified atom stereocenters. The largest absolute Gasteiger partial charge is 0.494 e. The topological polar surface area (TPSA) is 82.9 Å². The lowest BCUT2D eigenvalue weighted by Gasteiger charge is -2.33. The van der Waals surface area contributed by atoms with Gasteiger partial charge in [0, 0.05) is 44.2 Å². The SMILES string of the molecule is CNC(=O)c1cc(OC)c(NCC#Cc2cc3c(N[C@@H]4CCN(C)C[C@@H]4F)cccn3c2SC(F)(F)F)cn1. The van der Waals surface area contributed by atoms with Crippen molar-refractivity contribution in [3.63, 3.8) is 0 Å². The molecule has 13 heteroatoms. The maximum Gasteiger partial charge on any atom is 0.447 e. The van der Waals surface area contributed by atoms with Crippen molar-refractivity contribution in [2.24, 2.45) is 0 Å². The van der Waals surface area contributed by atoms with E-state index in [0.29, 0.717) is 29.1 Å². The van der Waals surface area contributed by atoms with E-state index < -0.39 is 17.7 Å². The number of aromatic nitrogens is 2. The summed E-state index contributed by atoms with van der Waals surface area (Å²) in [4.78, 5) is 17.8. The van der Waals surface area contributed by atoms with Gasteiger partial charge < -0.3 is 30.0 Å². The number of hydrogen-bond donors (Lipinski definition) is 3. The number of alkyl halides is 4. The lowest BCUT2D eigenvalue weighted by Crippen LogP contribution is -2.46. The van der Waals surface area contributed by atoms with Crippen LogP contribution in [0.2, 0.25) is 0 Å². The maximum absolute atomic E-state index is 14.6. The molecular formula is C26H28F4N6O2S. The van der Waals surface area contributed by atoms with Gasteiger partial charge in [0.2, 0.25) is 0 Å². The minimum atomic E-state index is -4.53. The van der Waals surface area contributed by atoms with Crippen LogP contribution in [0.1, 0.15) is 22.5 Å². The molecule has 0 aliphatic carbocycles. The molecule has 3 N–H and O–H groups in total. The number of ether oxygens (including phenoxy) is 1. The third-order valence-corrected chi connectivity index (χ3v) is 7.04. The standard InChI is InChI=1S/C26H28F4N6O2S/c1-31-24(37)20-13-23(38-3)21(14-33-20)32-9-4-6-16-12-22-19(34-18-8-11-35(2)15-17(18)27)7-5-10-36(22)25(16)39-26(28,29)30/h5,7,10,12-14,17-18,32,34H,8-9,11,15H2,1-3H3,(H,31,37)/t17-,18+/m0/s1. The number of pyridine rings is 2. The Kier molecular flexibility index (Phi) is 8.76. The van der Waals surface area contributed by atoms with Crippen LogP contribution in [0.15, 0.2) is 41.7 Å². The molecule has 3 aromatic rings. The lowest BCUT2D eigenvalue weighted by atomic mass is 10.0. The number of nitrogens with zero attached hydrogens (tertiary/aromatic N) is 3. The van der Waals surface area contributed by atoms with Crippen molar-refractivity contribution < 1.29 is 27.1 Å². The number of halogens is 4. The molecule has 1 fully saturated rings. The number of likely N-dealkylation sites (tertiary alicyclic amines) is 1. The normalized spacial score (nSPS) is 17.8. The Morgan fingerprint density at radius 2 is 2.10 bits per heavy atom. The van der Waals surface area contributed by atoms with Crippen LogP contribution in [-0.2, 0) is 0 Å². The number of hydrogen-bond acceptors (Lipinski definition) is 7. The summed E-state index contributed by atoms with van der Waals surface area (Å²) in [6.45, 7) is 1.08. The van der Waals surface area contributed by atoms with Gasteiger partial charge in [0.1, 0.15) is 22.6 Å². The second-order valence-corrected chi connectivity index (χ2v) is 9.96. The highest BCUT2D eigenvalue weighted by Gasteiger charge is 2.33. The average Bonchev–Trinajstić information content (AvgIpc) is 3.24. The summed E-state index contributed by atoms with van der Waals surface area (Å²) in [6, 6.07) is 5.94. The Labute approximate surface area is 227 Å². The number of nitrogens with one attached hydrogen (secondary N) is 3. The van der Waals surface area contributed by atoms with Gasteiger partial charge in [-0.1, -0.05) is 11.8 Å². The van der Waals surface area contributed by atoms with Crippen molar-refractivity contribution in [2.45, 2.75) is 29.2 Å². The Balaban J connectivity index is 1.59. The van der Waals surface area contributed by atoms with E-state index >= 15 is 0 Å². The number of thioether (sulfide) groups is 1. The molecule has 1 aliphatic rings. The second-order valence-electron chi connectivity index (χ2n) is 8.91. The fourth-order valence-corrected chi connectivity index (χ4v) is 4.98. The minimum absolute atomic E-state index is 0.0733. The zero-order valence-corrected chi connectivity index (χ0v) is 22.3. The van der Waals surface area contributed by atoms with Crippen LogP contribution in [-0.4, -0.2) is 78.8 Å². The van der Waals surface area contributed by atoms with Crippen molar-refractivity contribution in [1.82, 2.24) is 19.6 Å². The van der Waals surface area contributed by atoms with Crippen LogP contribution in [0.25, 0.3) is 5.52 Å². The summed E-state index contributed by atoms with van der Waals surface area (Å²) in [6.07, 6.45) is 2.42. The van der Waals surface area contributed by atoms with Gasteiger partial charge >= 0.3 is 5.51 Å². The van der Waals surface area contributed by atoms with Gasteiger partial charge in [-0.25, -0.2) is 9.37 Å². The van der Waals surface area contributed by atoms with Crippen molar-refractivity contribution in [2.75, 3.05) is 51.5 Å². The van der Waals surface area contributed by atoms with Crippen molar-refractivity contribution in [1.29, 1.82) is 0 Å². The van der Waals surface area contributed by atoms with Crippen molar-refractivity contribution in [3.05, 3.63) is 47.9 Å². The van der Waals surface area contributed by atoms with Crippen LogP contribution < -0.4 is 20.7 Å². The monoisotopic (exact) mass is 564 g/mol. The molecule has 1 saturated heterocycles. The number of anilines is 2. The number of fused-ring (bicyclic) bond motifs is 1. The first-order valence-electron chi connectivity index (χ1n) is 12.1. The smallest absolute Gasteiger partial charge is 0.447 e. The Bertz CT molecular complexity index is 1400. The van der Waals surface area contributed by atoms with Gasteiger partial charge in [0.05, 0.1) is 48.3 Å². The first-order valence-corrected chi connectivity index (χ1v) is 12.9. The van der Waals surface area contributed by atoms with Crippen molar-refractivity contribution in [3.8, 4) is 17.6 Å². The van der Waals surface area contributed by atoms with Gasteiger partial charge in [0.15, 0.2) is 0 Å². The quantitative estimate of drug-likeness (QED) is 0.225. The number of piperidine rings is 1. The number of carbonyl (C=O) groups is 1. The van der Waals surface area contributed by atoms with Crippen LogP contribution in [0.4, 0.5) is 28.9 Å². The number of amides is 1. The fourth-order valence-electron chi connectivity index (χ4n) is 4.29. The molecule has 0 aromatic carbocycles. The first-order chi connectivity index (χ1) is 18.6. The summed E-state index contributed by atoms with van der Waals surface area (Å²) in [5.41, 5.74) is -2.69. The molecule has 8 nitrogen and oxygen atoms in total. The van der Waals surface area contributed by atoms with E-state index in [9.17, 15) is 22.4 Å². The van der Waals surface area contributed by atoms with E-state index in [-0.39, 0.29) is 47.0 Å². The number of rotatable bonds is 7. The van der Waals surface area contributed by atoms with Gasteiger partial charge in [-0.05, 0) is 31.7 Å². The maximum atomic E-state index is 14.6. The van der Waals surface area contributed by atoms with E-state index in [1.807, 2.05) is 11.9 Å². The summed E-state index contributed by atoms with van der Waals surface area (Å²) in [5.74, 6) is 5.67. The Hall–Kier alpha value is -3.63. The van der Waals surface area contributed by atoms with E-state index in [2.05, 4.69) is 32.8 Å². The molecule has 4 rings (SSSR count). The van der Waals surface area contributed by atoms with E-state index in [0.717, 1.165) is 6.54 Å². The summed E-state index contributed by atoms with van der Waals surface area (Å²) >= 11 is -0.250. The van der Waals surface area contributed by atoms with E-state index in [4.69, 9.17) is 4.74 Å². The molecule has 0 bridgehead atoms. The highest BCUT2D eigenvalue weighted by atomic mass is 32.2. The molecule has 3 aromatic heterocycles. The predicted octanol–water partition coefficient (Wildman–Crippen LogP) is 4.23. The zero-order valence-electron chi connectivity index (χ0n) is 21.5. The molecule has 208 valence electrons. The molecular weight excluding hydrogens is 536 g/mol. The van der Waals surface area contributed by atoms with Crippen LogP contribution in [0.5, 0.6) is 5.75 Å². The van der Waals surface area contributed by atoms with Gasteiger partial charge in [-0.3, -0.25) is 4.79 Å². The van der Waals surface area contributed by atoms with Crippen LogP contribution in [0, 0.1) is 11.8 Å². The van der Waals surface area contributed by atoms with Gasteiger partial charge in [-0.15, -0.1) is 0 Å². The summed E-state index contributed by atoms with van der Waals surface area (Å²) in [7, 11) is 4.78. The highest BCUT2D eigenvalue weighted by molar-refractivity contribution is 8.00. The molecule has 39 heavy (non-hydrogen) atoms. The highest BCUT2D eigenvalue weighted by Crippen LogP contribution is 2.40. The Morgan fingerprint density at radius 1 is 1.31 bits per heavy atom. The molecule has 1 aliphatic heterocycles. The minimum Gasteiger partial charge on any atom is -0.494 e. The predicted molar refractivity (Wildman–Crippen MR) is 143 cm³/mol. The summed E-state index contributed by atoms with van der Waals surface area (Å²) in [5, 5.41) is 8.60. The molecule has 0 saturated carbocycles. The fraction of sp³-hybridized carbons (Fsp3) is 0.385. The lowest BCUT2D eigenvalue weighted by molar-refractivity contribution is -0.0329. The second kappa shape index (κ2) is 12.0. The first kappa shape index (κ1) is 28.4. The van der Waals surface area contributed by atoms with Gasteiger partial charge in [0.25, 0.3) is 5.91 Å². The van der Waals surface area contributed by atoms with Gasteiger partial charge in [-0.2, -0.15) is 13.2 Å². The Morgan fingerprint density at radius 3 is 2.79 bits per heavy atom. The molecule has 0 radical (unpaired) electrons. The number of carbonyl (C=O) groups excluding carboxylic acids is 1. The third kappa shape index (κ3) is 6.88. The third-order valence-electron chi connectivity index (χ3n) is 6.20. The van der Waals surface area contributed by atoms with E-state index in [1.165, 1.54) is 37.0 Å². The van der Waals surface area contributed by atoms with Crippen molar-refractivity contribution >= 4 is 34.6 Å². The van der Waals surface area contributed by atoms with Crippen LogP contribution >= 0.6 is 11.8 Å². The molecule has 2 atom stereocenters. The molecule has 4 heterocycles. The van der Waals surface area contributed by atoms with Crippen LogP contribution in [0.3, 0.4) is 0 Å².